The fourth-order valence-corrected chi connectivity index (χ4v) is 8.30. The standard InChI is InChI=1S/C28H32AsN5OS2/c29-34-27(35)25-21-9-3-1-2-4-11-23(21)37-26(25)31-28(34)36-19-7-14-32-15-17-33(18-16-32)24-13-12-20-8-5-6-10-22(20)30-24/h5-6,8,10,12-13H,1-4,7,9,11,14-19H2. The molecule has 6 rings (SSSR count). The minimum absolute atomic E-state index is 0.115. The molecular formula is C28H32AsN5OS2. The molecule has 9 heteroatoms. The Morgan fingerprint density at radius 1 is 0.946 bits per heavy atom. The number of benzene rings is 1. The van der Waals surface area contributed by atoms with E-state index in [1.54, 1.807) is 26.6 Å². The number of nitrogens with zero attached hydrogens (tertiary/aromatic N) is 5. The second-order valence-electron chi connectivity index (χ2n) is 10.0. The Kier molecular flexibility index (Phi) is 7.89. The van der Waals surface area contributed by atoms with E-state index in [-0.39, 0.29) is 5.56 Å². The summed E-state index contributed by atoms with van der Waals surface area (Å²) in [5.41, 5.74) is 2.46. The molecule has 2 radical (unpaired) electrons. The number of thiophene rings is 1. The van der Waals surface area contributed by atoms with Gasteiger partial charge in [0.1, 0.15) is 0 Å². The summed E-state index contributed by atoms with van der Waals surface area (Å²) in [5, 5.41) is 2.90. The molecule has 1 aromatic carbocycles. The van der Waals surface area contributed by atoms with Crippen molar-refractivity contribution in [3.63, 3.8) is 0 Å². The van der Waals surface area contributed by atoms with Crippen LogP contribution in [0.3, 0.4) is 0 Å². The number of anilines is 1. The van der Waals surface area contributed by atoms with E-state index in [0.29, 0.717) is 0 Å². The Bertz CT molecular complexity index is 1460. The van der Waals surface area contributed by atoms with E-state index in [1.165, 1.54) is 41.5 Å². The van der Waals surface area contributed by atoms with E-state index in [2.05, 4.69) is 63.3 Å². The van der Waals surface area contributed by atoms with Crippen molar-refractivity contribution in [3.8, 4) is 0 Å². The van der Waals surface area contributed by atoms with Gasteiger partial charge >= 0.3 is 195 Å². The molecule has 0 bridgehead atoms. The van der Waals surface area contributed by atoms with Gasteiger partial charge in [0.25, 0.3) is 0 Å². The summed E-state index contributed by atoms with van der Waals surface area (Å²) in [6, 6.07) is 12.6. The number of aromatic nitrogens is 3. The van der Waals surface area contributed by atoms with Gasteiger partial charge in [-0.05, 0) is 12.1 Å². The number of pyridine rings is 1. The third-order valence-electron chi connectivity index (χ3n) is 7.57. The SMILES string of the molecule is O=c1c2c3c(sc2nc(SCCCN2CCN(c4ccc5ccccc5n4)CC2)n1[As])CCCCCC3. The van der Waals surface area contributed by atoms with Crippen LogP contribution in [0.15, 0.2) is 46.3 Å². The number of thioether (sulfide) groups is 1. The predicted octanol–water partition coefficient (Wildman–Crippen LogP) is 4.90. The Morgan fingerprint density at radius 2 is 1.76 bits per heavy atom. The van der Waals surface area contributed by atoms with Gasteiger partial charge in [-0.15, -0.1) is 0 Å². The van der Waals surface area contributed by atoms with Gasteiger partial charge in [-0.25, -0.2) is 0 Å². The zero-order chi connectivity index (χ0) is 25.2. The van der Waals surface area contributed by atoms with Crippen LogP contribution in [-0.4, -0.2) is 73.9 Å². The molecular weight excluding hydrogens is 561 g/mol. The van der Waals surface area contributed by atoms with E-state index >= 15 is 0 Å². The number of rotatable bonds is 6. The molecule has 1 saturated heterocycles. The van der Waals surface area contributed by atoms with Crippen molar-refractivity contribution in [3.05, 3.63) is 57.2 Å². The summed E-state index contributed by atoms with van der Waals surface area (Å²) in [6.07, 6.45) is 8.18. The Morgan fingerprint density at radius 3 is 2.62 bits per heavy atom. The first kappa shape index (κ1) is 25.4. The predicted molar refractivity (Wildman–Crippen MR) is 157 cm³/mol. The van der Waals surface area contributed by atoms with Crippen molar-refractivity contribution in [2.45, 2.75) is 50.1 Å². The van der Waals surface area contributed by atoms with Crippen LogP contribution >= 0.6 is 23.1 Å². The van der Waals surface area contributed by atoms with E-state index in [1.807, 2.05) is 0 Å². The van der Waals surface area contributed by atoms with Gasteiger partial charge in [0.15, 0.2) is 0 Å². The van der Waals surface area contributed by atoms with Crippen LogP contribution in [-0.2, 0) is 12.8 Å². The van der Waals surface area contributed by atoms with Crippen LogP contribution < -0.4 is 10.5 Å². The first-order valence-electron chi connectivity index (χ1n) is 13.4. The Balaban J connectivity index is 1.03. The van der Waals surface area contributed by atoms with E-state index in [4.69, 9.17) is 9.97 Å². The minimum atomic E-state index is 0.115. The summed E-state index contributed by atoms with van der Waals surface area (Å²) < 4.78 is 1.72. The van der Waals surface area contributed by atoms with E-state index < -0.39 is 0 Å². The molecule has 0 N–H and O–H groups in total. The first-order valence-corrected chi connectivity index (χ1v) is 16.0. The van der Waals surface area contributed by atoms with Crippen molar-refractivity contribution in [2.75, 3.05) is 43.4 Å². The summed E-state index contributed by atoms with van der Waals surface area (Å²) in [5.74, 6) is 2.05. The molecule has 2 aliphatic rings. The molecule has 6 nitrogen and oxygen atoms in total. The molecule has 37 heavy (non-hydrogen) atoms. The van der Waals surface area contributed by atoms with Crippen molar-refractivity contribution >= 4 is 67.1 Å². The van der Waals surface area contributed by atoms with Gasteiger partial charge in [0, 0.05) is 5.39 Å². The number of hydrogen-bond acceptors (Lipinski definition) is 7. The van der Waals surface area contributed by atoms with E-state index in [0.717, 1.165) is 84.4 Å². The molecule has 1 fully saturated rings. The molecule has 0 amide bonds. The van der Waals surface area contributed by atoms with Gasteiger partial charge in [-0.3, -0.25) is 0 Å². The summed E-state index contributed by atoms with van der Waals surface area (Å²) >= 11 is 5.91. The molecule has 0 unspecified atom stereocenters. The summed E-state index contributed by atoms with van der Waals surface area (Å²) in [4.78, 5) is 30.4. The molecule has 0 spiro atoms. The number of fused-ring (bicyclic) bond motifs is 4. The van der Waals surface area contributed by atoms with Crippen molar-refractivity contribution in [1.82, 2.24) is 18.4 Å². The first-order chi connectivity index (χ1) is 18.2. The van der Waals surface area contributed by atoms with Crippen LogP contribution in [0.25, 0.3) is 21.1 Å². The summed E-state index contributed by atoms with van der Waals surface area (Å²) in [6.45, 7) is 5.20. The molecule has 192 valence electrons. The van der Waals surface area contributed by atoms with Crippen molar-refractivity contribution in [1.29, 1.82) is 0 Å². The fourth-order valence-electron chi connectivity index (χ4n) is 5.51. The topological polar surface area (TPSA) is 54.3 Å². The maximum atomic E-state index is 13.3. The number of hydrogen-bond donors (Lipinski definition) is 0. The van der Waals surface area contributed by atoms with Crippen LogP contribution in [0, 0.1) is 0 Å². The number of piperazine rings is 1. The average Bonchev–Trinajstić information content (AvgIpc) is 3.25. The number of aryl methyl sites for hydroxylation is 2. The molecule has 3 aromatic heterocycles. The third kappa shape index (κ3) is 5.49. The molecule has 0 atom stereocenters. The zero-order valence-corrected chi connectivity index (χ0v) is 24.6. The van der Waals surface area contributed by atoms with Gasteiger partial charge in [-0.1, -0.05) is 18.2 Å². The van der Waals surface area contributed by atoms with Crippen LogP contribution in [0.5, 0.6) is 0 Å². The maximum absolute atomic E-state index is 13.3. The normalized spacial score (nSPS) is 17.2. The average molecular weight is 594 g/mol. The van der Waals surface area contributed by atoms with Crippen LogP contribution in [0.2, 0.25) is 0 Å². The quantitative estimate of drug-likeness (QED) is 0.137. The Labute approximate surface area is 235 Å². The fraction of sp³-hybridized carbons (Fsp3) is 0.464. The van der Waals surface area contributed by atoms with Gasteiger partial charge < -0.3 is 0 Å². The molecule has 1 aliphatic carbocycles. The zero-order valence-electron chi connectivity index (χ0n) is 21.1. The van der Waals surface area contributed by atoms with Gasteiger partial charge in [0.05, 0.1) is 5.52 Å². The van der Waals surface area contributed by atoms with Crippen LogP contribution in [0.1, 0.15) is 42.5 Å². The van der Waals surface area contributed by atoms with Crippen molar-refractivity contribution < 1.29 is 0 Å². The second kappa shape index (κ2) is 11.5. The van der Waals surface area contributed by atoms with Crippen LogP contribution in [0.4, 0.5) is 5.82 Å². The van der Waals surface area contributed by atoms with Gasteiger partial charge in [-0.2, -0.15) is 0 Å². The molecule has 1 aliphatic heterocycles. The van der Waals surface area contributed by atoms with Crippen molar-refractivity contribution in [2.24, 2.45) is 0 Å². The third-order valence-corrected chi connectivity index (χ3v) is 10.9. The van der Waals surface area contributed by atoms with Gasteiger partial charge in [0.2, 0.25) is 0 Å². The summed E-state index contributed by atoms with van der Waals surface area (Å²) in [7, 11) is 0. The monoisotopic (exact) mass is 593 g/mol. The number of para-hydroxylation sites is 1. The van der Waals surface area contributed by atoms with E-state index in [9.17, 15) is 4.79 Å². The molecule has 4 heterocycles. The molecule has 0 saturated carbocycles. The molecule has 4 aromatic rings. The second-order valence-corrected chi connectivity index (χ2v) is 13.0. The Hall–Kier alpha value is -1.86.